The summed E-state index contributed by atoms with van der Waals surface area (Å²) in [6, 6.07) is 13.9. The number of methoxy groups -OCH3 is 1. The third-order valence-corrected chi connectivity index (χ3v) is 4.79. The number of anilines is 1. The number of nitrogens with one attached hydrogen (secondary N) is 1. The summed E-state index contributed by atoms with van der Waals surface area (Å²) in [5, 5.41) is 5.67. The molecular formula is C20H20N2O2S. The van der Waals surface area contributed by atoms with E-state index in [-0.39, 0.29) is 5.91 Å². The van der Waals surface area contributed by atoms with Crippen LogP contribution in [0.4, 0.5) is 5.69 Å². The number of carbonyl (C=O) groups excluding carboxylic acids is 1. The Kier molecular flexibility index (Phi) is 5.14. The Morgan fingerprint density at radius 1 is 1.16 bits per heavy atom. The maximum absolute atomic E-state index is 12.4. The molecule has 1 N–H and O–H groups in total. The fraction of sp³-hybridized carbons (Fsp3) is 0.200. The van der Waals surface area contributed by atoms with Crippen molar-refractivity contribution < 1.29 is 9.53 Å². The number of aryl methyl sites for hydroxylation is 2. The van der Waals surface area contributed by atoms with Crippen molar-refractivity contribution in [3.63, 3.8) is 0 Å². The fourth-order valence-electron chi connectivity index (χ4n) is 2.47. The van der Waals surface area contributed by atoms with Crippen LogP contribution in [0.5, 0.6) is 5.75 Å². The number of ether oxygens (including phenoxy) is 1. The number of amides is 1. The van der Waals surface area contributed by atoms with Crippen LogP contribution in [0, 0.1) is 13.8 Å². The lowest BCUT2D eigenvalue weighted by molar-refractivity contribution is 0.102. The molecule has 0 aliphatic rings. The number of hydrogen-bond donors (Lipinski definition) is 1. The number of aromatic nitrogens is 1. The summed E-state index contributed by atoms with van der Waals surface area (Å²) in [4.78, 5) is 16.9. The van der Waals surface area contributed by atoms with Crippen LogP contribution in [-0.2, 0) is 6.42 Å². The first-order chi connectivity index (χ1) is 12.0. The molecule has 0 radical (unpaired) electrons. The minimum atomic E-state index is -0.175. The number of nitrogens with zero attached hydrogens (tertiary/aromatic N) is 1. The van der Waals surface area contributed by atoms with Gasteiger partial charge in [-0.2, -0.15) is 0 Å². The standard InChI is InChI=1S/C20H20N2O2S/c1-13-4-5-14(2)17(10-13)22-20(23)18-12-25-19(21-18)11-15-6-8-16(24-3)9-7-15/h4-10,12H,11H2,1-3H3,(H,22,23). The van der Waals surface area contributed by atoms with Gasteiger partial charge in [0.2, 0.25) is 0 Å². The lowest BCUT2D eigenvalue weighted by atomic mass is 10.1. The van der Waals surface area contributed by atoms with Crippen molar-refractivity contribution in [3.05, 3.63) is 75.2 Å². The lowest BCUT2D eigenvalue weighted by Crippen LogP contribution is -2.13. The molecule has 4 nitrogen and oxygen atoms in total. The summed E-state index contributed by atoms with van der Waals surface area (Å²) in [6.45, 7) is 3.98. The Morgan fingerprint density at radius 2 is 1.92 bits per heavy atom. The third-order valence-electron chi connectivity index (χ3n) is 3.94. The van der Waals surface area contributed by atoms with Gasteiger partial charge in [-0.05, 0) is 48.7 Å². The normalized spacial score (nSPS) is 10.5. The lowest BCUT2D eigenvalue weighted by Gasteiger charge is -2.08. The minimum Gasteiger partial charge on any atom is -0.497 e. The molecule has 5 heteroatoms. The van der Waals surface area contributed by atoms with Gasteiger partial charge in [-0.3, -0.25) is 4.79 Å². The highest BCUT2D eigenvalue weighted by atomic mass is 32.1. The Bertz CT molecular complexity index is 885. The molecule has 0 saturated heterocycles. The zero-order valence-corrected chi connectivity index (χ0v) is 15.3. The van der Waals surface area contributed by atoms with E-state index < -0.39 is 0 Å². The van der Waals surface area contributed by atoms with Crippen LogP contribution < -0.4 is 10.1 Å². The Hall–Kier alpha value is -2.66. The van der Waals surface area contributed by atoms with Gasteiger partial charge in [-0.1, -0.05) is 24.3 Å². The minimum absolute atomic E-state index is 0.175. The van der Waals surface area contributed by atoms with E-state index in [0.29, 0.717) is 12.1 Å². The van der Waals surface area contributed by atoms with E-state index in [0.717, 1.165) is 33.1 Å². The highest BCUT2D eigenvalue weighted by Crippen LogP contribution is 2.20. The Balaban J connectivity index is 1.69. The van der Waals surface area contributed by atoms with Crippen LogP contribution in [-0.4, -0.2) is 18.0 Å². The second-order valence-electron chi connectivity index (χ2n) is 5.92. The largest absolute Gasteiger partial charge is 0.497 e. The molecule has 3 aromatic rings. The molecule has 0 aliphatic carbocycles. The van der Waals surface area contributed by atoms with E-state index in [1.54, 1.807) is 12.5 Å². The van der Waals surface area contributed by atoms with Crippen molar-refractivity contribution in [2.75, 3.05) is 12.4 Å². The van der Waals surface area contributed by atoms with Gasteiger partial charge in [0, 0.05) is 17.5 Å². The van der Waals surface area contributed by atoms with E-state index in [1.165, 1.54) is 11.3 Å². The van der Waals surface area contributed by atoms with Crippen molar-refractivity contribution >= 4 is 22.9 Å². The van der Waals surface area contributed by atoms with Gasteiger partial charge in [0.25, 0.3) is 5.91 Å². The highest BCUT2D eigenvalue weighted by Gasteiger charge is 2.12. The highest BCUT2D eigenvalue weighted by molar-refractivity contribution is 7.09. The number of benzene rings is 2. The third kappa shape index (κ3) is 4.25. The average molecular weight is 352 g/mol. The molecule has 0 saturated carbocycles. The summed E-state index contributed by atoms with van der Waals surface area (Å²) in [5.74, 6) is 0.655. The topological polar surface area (TPSA) is 51.2 Å². The summed E-state index contributed by atoms with van der Waals surface area (Å²) in [6.07, 6.45) is 0.700. The molecule has 0 unspecified atom stereocenters. The first-order valence-corrected chi connectivity index (χ1v) is 8.89. The van der Waals surface area contributed by atoms with Gasteiger partial charge >= 0.3 is 0 Å². The second kappa shape index (κ2) is 7.49. The number of carbonyl (C=O) groups is 1. The van der Waals surface area contributed by atoms with Gasteiger partial charge in [0.1, 0.15) is 11.4 Å². The van der Waals surface area contributed by atoms with Gasteiger partial charge < -0.3 is 10.1 Å². The van der Waals surface area contributed by atoms with Gasteiger partial charge in [0.05, 0.1) is 12.1 Å². The van der Waals surface area contributed by atoms with Crippen molar-refractivity contribution in [1.82, 2.24) is 4.98 Å². The molecule has 1 amide bonds. The molecular weight excluding hydrogens is 332 g/mol. The van der Waals surface area contributed by atoms with Crippen LogP contribution in [0.2, 0.25) is 0 Å². The molecule has 1 aromatic heterocycles. The van der Waals surface area contributed by atoms with Gasteiger partial charge in [0.15, 0.2) is 0 Å². The van der Waals surface area contributed by atoms with Crippen molar-refractivity contribution in [2.45, 2.75) is 20.3 Å². The van der Waals surface area contributed by atoms with Crippen LogP contribution >= 0.6 is 11.3 Å². The monoisotopic (exact) mass is 352 g/mol. The maximum atomic E-state index is 12.4. The first-order valence-electron chi connectivity index (χ1n) is 8.01. The summed E-state index contributed by atoms with van der Waals surface area (Å²) >= 11 is 1.50. The van der Waals surface area contributed by atoms with Crippen LogP contribution in [0.25, 0.3) is 0 Å². The van der Waals surface area contributed by atoms with Gasteiger partial charge in [-0.25, -0.2) is 4.98 Å². The molecule has 0 aliphatic heterocycles. The molecule has 0 fully saturated rings. The number of hydrogen-bond acceptors (Lipinski definition) is 4. The Morgan fingerprint density at radius 3 is 2.64 bits per heavy atom. The molecule has 25 heavy (non-hydrogen) atoms. The van der Waals surface area contributed by atoms with Crippen LogP contribution in [0.15, 0.2) is 47.8 Å². The Labute approximate surface area is 151 Å². The first kappa shape index (κ1) is 17.2. The molecule has 0 spiro atoms. The fourth-order valence-corrected chi connectivity index (χ4v) is 3.28. The number of rotatable bonds is 5. The summed E-state index contributed by atoms with van der Waals surface area (Å²) in [5.41, 5.74) is 4.56. The maximum Gasteiger partial charge on any atom is 0.275 e. The average Bonchev–Trinajstić information content (AvgIpc) is 3.07. The van der Waals surface area contributed by atoms with E-state index in [4.69, 9.17) is 4.74 Å². The molecule has 0 bridgehead atoms. The summed E-state index contributed by atoms with van der Waals surface area (Å²) < 4.78 is 5.16. The predicted molar refractivity (Wildman–Crippen MR) is 102 cm³/mol. The molecule has 128 valence electrons. The van der Waals surface area contributed by atoms with Crippen molar-refractivity contribution in [3.8, 4) is 5.75 Å². The van der Waals surface area contributed by atoms with Crippen molar-refractivity contribution in [2.24, 2.45) is 0 Å². The SMILES string of the molecule is COc1ccc(Cc2nc(C(=O)Nc3cc(C)ccc3C)cs2)cc1. The van der Waals surface area contributed by atoms with Crippen LogP contribution in [0.1, 0.15) is 32.2 Å². The quantitative estimate of drug-likeness (QED) is 0.729. The molecule has 2 aromatic carbocycles. The molecule has 1 heterocycles. The van der Waals surface area contributed by atoms with E-state index >= 15 is 0 Å². The molecule has 3 rings (SSSR count). The number of thiazole rings is 1. The predicted octanol–water partition coefficient (Wildman–Crippen LogP) is 4.61. The van der Waals surface area contributed by atoms with Crippen LogP contribution in [0.3, 0.4) is 0 Å². The van der Waals surface area contributed by atoms with E-state index in [9.17, 15) is 4.79 Å². The van der Waals surface area contributed by atoms with E-state index in [1.807, 2.05) is 56.3 Å². The zero-order chi connectivity index (χ0) is 17.8. The van der Waals surface area contributed by atoms with E-state index in [2.05, 4.69) is 10.3 Å². The second-order valence-corrected chi connectivity index (χ2v) is 6.87. The zero-order valence-electron chi connectivity index (χ0n) is 14.5. The summed E-state index contributed by atoms with van der Waals surface area (Å²) in [7, 11) is 1.65. The van der Waals surface area contributed by atoms with Crippen molar-refractivity contribution in [1.29, 1.82) is 0 Å². The molecule has 0 atom stereocenters. The van der Waals surface area contributed by atoms with Gasteiger partial charge in [-0.15, -0.1) is 11.3 Å². The smallest absolute Gasteiger partial charge is 0.275 e.